The molecule has 1 unspecified atom stereocenters. The van der Waals surface area contributed by atoms with Crippen LogP contribution in [0.25, 0.3) is 0 Å². The highest BCUT2D eigenvalue weighted by Gasteiger charge is 2.28. The summed E-state index contributed by atoms with van der Waals surface area (Å²) in [5, 5.41) is 3.63. The topological polar surface area (TPSA) is 58.6 Å². The number of amides is 2. The van der Waals surface area contributed by atoms with Gasteiger partial charge in [-0.05, 0) is 69.7 Å². The molecule has 0 heterocycles. The standard InChI is InChI=1S/C22H25Cl2FN2O3/c1-14(21(29)26-22(2,3)4)27(12-15-5-10-18(23)19(24)11-15)20(28)13-30-17-8-6-16(25)7-9-17/h5-11,14H,12-13H2,1-4H3,(H,26,29). The number of halogens is 3. The van der Waals surface area contributed by atoms with Crippen LogP contribution in [0.3, 0.4) is 0 Å². The molecule has 5 nitrogen and oxygen atoms in total. The van der Waals surface area contributed by atoms with Crippen LogP contribution in [-0.4, -0.2) is 34.9 Å². The largest absolute Gasteiger partial charge is 0.484 e. The van der Waals surface area contributed by atoms with Crippen LogP contribution in [0.4, 0.5) is 4.39 Å². The number of nitrogens with one attached hydrogen (secondary N) is 1. The molecule has 2 amide bonds. The second-order valence-corrected chi connectivity index (χ2v) is 8.74. The summed E-state index contributed by atoms with van der Waals surface area (Å²) in [6.45, 7) is 7.07. The van der Waals surface area contributed by atoms with Gasteiger partial charge in [0.05, 0.1) is 10.0 Å². The molecule has 162 valence electrons. The Labute approximate surface area is 186 Å². The third kappa shape index (κ3) is 7.18. The first kappa shape index (κ1) is 24.0. The molecule has 2 rings (SSSR count). The zero-order valence-corrected chi connectivity index (χ0v) is 18.9. The molecule has 8 heteroatoms. The van der Waals surface area contributed by atoms with E-state index < -0.39 is 23.3 Å². The van der Waals surface area contributed by atoms with E-state index in [2.05, 4.69) is 5.32 Å². The fourth-order valence-corrected chi connectivity index (χ4v) is 2.97. The highest BCUT2D eigenvalue weighted by molar-refractivity contribution is 6.42. The minimum Gasteiger partial charge on any atom is -0.484 e. The van der Waals surface area contributed by atoms with Gasteiger partial charge >= 0.3 is 0 Å². The maximum absolute atomic E-state index is 13.1. The van der Waals surface area contributed by atoms with Crippen LogP contribution in [0.1, 0.15) is 33.3 Å². The monoisotopic (exact) mass is 454 g/mol. The fraction of sp³-hybridized carbons (Fsp3) is 0.364. The van der Waals surface area contributed by atoms with Crippen LogP contribution >= 0.6 is 23.2 Å². The number of nitrogens with zero attached hydrogens (tertiary/aromatic N) is 1. The highest BCUT2D eigenvalue weighted by Crippen LogP contribution is 2.24. The van der Waals surface area contributed by atoms with Gasteiger partial charge in [-0.15, -0.1) is 0 Å². The zero-order valence-electron chi connectivity index (χ0n) is 17.3. The lowest BCUT2D eigenvalue weighted by Crippen LogP contribution is -2.53. The molecule has 0 aliphatic rings. The molecule has 0 radical (unpaired) electrons. The molecule has 0 saturated carbocycles. The average Bonchev–Trinajstić information content (AvgIpc) is 2.66. The predicted molar refractivity (Wildman–Crippen MR) is 116 cm³/mol. The van der Waals surface area contributed by atoms with Gasteiger partial charge in [0.1, 0.15) is 17.6 Å². The normalized spacial score (nSPS) is 12.2. The van der Waals surface area contributed by atoms with Crippen LogP contribution in [0.5, 0.6) is 5.75 Å². The van der Waals surface area contributed by atoms with Crippen molar-refractivity contribution in [2.24, 2.45) is 0 Å². The van der Waals surface area contributed by atoms with E-state index in [0.29, 0.717) is 15.8 Å². The first-order valence-electron chi connectivity index (χ1n) is 9.40. The Morgan fingerprint density at radius 2 is 1.73 bits per heavy atom. The van der Waals surface area contributed by atoms with Crippen molar-refractivity contribution in [3.8, 4) is 5.75 Å². The van der Waals surface area contributed by atoms with E-state index in [1.807, 2.05) is 20.8 Å². The Bertz CT molecular complexity index is 898. The number of hydrogen-bond donors (Lipinski definition) is 1. The Hall–Kier alpha value is -2.31. The lowest BCUT2D eigenvalue weighted by atomic mass is 10.1. The summed E-state index contributed by atoms with van der Waals surface area (Å²) < 4.78 is 18.5. The highest BCUT2D eigenvalue weighted by atomic mass is 35.5. The third-order valence-corrected chi connectivity index (χ3v) is 4.92. The van der Waals surface area contributed by atoms with Crippen LogP contribution in [0.2, 0.25) is 10.0 Å². The van der Waals surface area contributed by atoms with E-state index in [1.165, 1.54) is 29.2 Å². The van der Waals surface area contributed by atoms with Gasteiger partial charge in [0, 0.05) is 12.1 Å². The average molecular weight is 455 g/mol. The second kappa shape index (κ2) is 10.1. The summed E-state index contributed by atoms with van der Waals surface area (Å²) in [5.41, 5.74) is 0.267. The smallest absolute Gasteiger partial charge is 0.261 e. The molecule has 30 heavy (non-hydrogen) atoms. The predicted octanol–water partition coefficient (Wildman–Crippen LogP) is 4.84. The quantitative estimate of drug-likeness (QED) is 0.650. The van der Waals surface area contributed by atoms with Gasteiger partial charge in [-0.1, -0.05) is 29.3 Å². The first-order valence-corrected chi connectivity index (χ1v) is 10.2. The van der Waals surface area contributed by atoms with Crippen molar-refractivity contribution in [3.05, 3.63) is 63.9 Å². The SMILES string of the molecule is CC(C(=O)NC(C)(C)C)N(Cc1ccc(Cl)c(Cl)c1)C(=O)COc1ccc(F)cc1. The summed E-state index contributed by atoms with van der Waals surface area (Å²) in [4.78, 5) is 27.0. The maximum atomic E-state index is 13.1. The number of carbonyl (C=O) groups excluding carboxylic acids is 2. The Morgan fingerprint density at radius 1 is 1.10 bits per heavy atom. The summed E-state index contributed by atoms with van der Waals surface area (Å²) in [7, 11) is 0. The van der Waals surface area contributed by atoms with Crippen molar-refractivity contribution in [3.63, 3.8) is 0 Å². The van der Waals surface area contributed by atoms with Crippen molar-refractivity contribution >= 4 is 35.0 Å². The van der Waals surface area contributed by atoms with Crippen LogP contribution in [-0.2, 0) is 16.1 Å². The number of hydrogen-bond acceptors (Lipinski definition) is 3. The van der Waals surface area contributed by atoms with Gasteiger partial charge < -0.3 is 15.0 Å². The number of benzene rings is 2. The van der Waals surface area contributed by atoms with Crippen LogP contribution in [0, 0.1) is 5.82 Å². The molecule has 0 spiro atoms. The molecule has 0 bridgehead atoms. The van der Waals surface area contributed by atoms with E-state index >= 15 is 0 Å². The van der Waals surface area contributed by atoms with Gasteiger partial charge in [0.25, 0.3) is 5.91 Å². The molecule has 1 N–H and O–H groups in total. The van der Waals surface area contributed by atoms with E-state index in [-0.39, 0.29) is 19.1 Å². The lowest BCUT2D eigenvalue weighted by Gasteiger charge is -2.31. The maximum Gasteiger partial charge on any atom is 0.261 e. The third-order valence-electron chi connectivity index (χ3n) is 4.18. The fourth-order valence-electron chi connectivity index (χ4n) is 2.65. The van der Waals surface area contributed by atoms with Gasteiger partial charge in [-0.25, -0.2) is 4.39 Å². The zero-order chi connectivity index (χ0) is 22.5. The first-order chi connectivity index (χ1) is 14.0. The molecule has 0 saturated heterocycles. The summed E-state index contributed by atoms with van der Waals surface area (Å²) in [5.74, 6) is -0.743. The molecule has 0 aliphatic heterocycles. The van der Waals surface area contributed by atoms with E-state index in [4.69, 9.17) is 27.9 Å². The summed E-state index contributed by atoms with van der Waals surface area (Å²) in [6, 6.07) is 9.62. The molecule has 1 atom stereocenters. The number of carbonyl (C=O) groups is 2. The minimum atomic E-state index is -0.761. The summed E-state index contributed by atoms with van der Waals surface area (Å²) in [6.07, 6.45) is 0. The Morgan fingerprint density at radius 3 is 2.30 bits per heavy atom. The second-order valence-electron chi connectivity index (χ2n) is 7.93. The van der Waals surface area contributed by atoms with Crippen molar-refractivity contribution in [1.29, 1.82) is 0 Å². The van der Waals surface area contributed by atoms with Crippen molar-refractivity contribution < 1.29 is 18.7 Å². The number of ether oxygens (including phenoxy) is 1. The van der Waals surface area contributed by atoms with Crippen LogP contribution in [0.15, 0.2) is 42.5 Å². The van der Waals surface area contributed by atoms with E-state index in [1.54, 1.807) is 25.1 Å². The lowest BCUT2D eigenvalue weighted by molar-refractivity contribution is -0.142. The molecule has 0 aliphatic carbocycles. The molecule has 2 aromatic carbocycles. The molecular weight excluding hydrogens is 430 g/mol. The van der Waals surface area contributed by atoms with E-state index in [0.717, 1.165) is 5.56 Å². The van der Waals surface area contributed by atoms with E-state index in [9.17, 15) is 14.0 Å². The van der Waals surface area contributed by atoms with Gasteiger partial charge in [0.2, 0.25) is 5.91 Å². The van der Waals surface area contributed by atoms with Crippen molar-refractivity contribution in [2.45, 2.75) is 45.8 Å². The molecular formula is C22H25Cl2FN2O3. The van der Waals surface area contributed by atoms with Gasteiger partial charge in [0.15, 0.2) is 6.61 Å². The molecule has 2 aromatic rings. The van der Waals surface area contributed by atoms with Gasteiger partial charge in [-0.3, -0.25) is 9.59 Å². The summed E-state index contributed by atoms with van der Waals surface area (Å²) >= 11 is 12.1. The van der Waals surface area contributed by atoms with Crippen LogP contribution < -0.4 is 10.1 Å². The molecule has 0 aromatic heterocycles. The van der Waals surface area contributed by atoms with Crippen molar-refractivity contribution in [2.75, 3.05) is 6.61 Å². The molecule has 0 fully saturated rings. The minimum absolute atomic E-state index is 0.140. The van der Waals surface area contributed by atoms with Crippen molar-refractivity contribution in [1.82, 2.24) is 10.2 Å². The Balaban J connectivity index is 2.19. The van der Waals surface area contributed by atoms with Gasteiger partial charge in [-0.2, -0.15) is 0 Å². The Kier molecular flexibility index (Phi) is 8.10. The number of rotatable bonds is 7.